The van der Waals surface area contributed by atoms with Crippen molar-refractivity contribution < 1.29 is 19.4 Å². The lowest BCUT2D eigenvalue weighted by atomic mass is 10.1. The summed E-state index contributed by atoms with van der Waals surface area (Å²) < 4.78 is 62.5. The van der Waals surface area contributed by atoms with E-state index in [2.05, 4.69) is 5.32 Å². The first kappa shape index (κ1) is 14.2. The molecule has 0 fully saturated rings. The smallest absolute Gasteiger partial charge is 0.310 e. The Balaban J connectivity index is 3.15. The molecule has 1 aromatic rings. The van der Waals surface area contributed by atoms with Crippen LogP contribution >= 0.6 is 10.2 Å². The molecule has 0 aliphatic carbocycles. The van der Waals surface area contributed by atoms with Crippen molar-refractivity contribution in [3.05, 3.63) is 29.3 Å². The second-order valence-corrected chi connectivity index (χ2v) is 6.25. The molecule has 0 aliphatic heterocycles. The molecule has 0 aromatic heterocycles. The van der Waals surface area contributed by atoms with Gasteiger partial charge in [-0.05, 0) is 36.7 Å². The zero-order chi connectivity index (χ0) is 13.4. The second kappa shape index (κ2) is 3.58. The van der Waals surface area contributed by atoms with E-state index in [0.29, 0.717) is 30.8 Å². The van der Waals surface area contributed by atoms with E-state index in [1.54, 1.807) is 0 Å². The summed E-state index contributed by atoms with van der Waals surface area (Å²) in [5.74, 6) is 0. The Bertz CT molecular complexity index is 425. The first-order chi connectivity index (χ1) is 7.44. The summed E-state index contributed by atoms with van der Waals surface area (Å²) in [6, 6.07) is 2.04. The Labute approximate surface area is 96.7 Å². The van der Waals surface area contributed by atoms with Crippen LogP contribution in [-0.2, 0) is 6.54 Å². The van der Waals surface area contributed by atoms with Gasteiger partial charge in [-0.25, -0.2) is 0 Å². The van der Waals surface area contributed by atoms with Gasteiger partial charge in [-0.15, -0.1) is 0 Å². The highest BCUT2D eigenvalue weighted by molar-refractivity contribution is 8.45. The molecular weight excluding hydrogens is 261 g/mol. The van der Waals surface area contributed by atoms with Gasteiger partial charge >= 0.3 is 10.2 Å². The third kappa shape index (κ3) is 3.85. The predicted molar refractivity (Wildman–Crippen MR) is 60.0 cm³/mol. The fourth-order valence-corrected chi connectivity index (χ4v) is 2.09. The van der Waals surface area contributed by atoms with E-state index in [1.807, 2.05) is 6.92 Å². The van der Waals surface area contributed by atoms with Crippen LogP contribution in [0.2, 0.25) is 0 Å². The lowest BCUT2D eigenvalue weighted by Crippen LogP contribution is -2.13. The van der Waals surface area contributed by atoms with E-state index in [0.717, 1.165) is 6.07 Å². The van der Waals surface area contributed by atoms with Crippen molar-refractivity contribution in [3.8, 4) is 0 Å². The van der Waals surface area contributed by atoms with Gasteiger partial charge in [-0.2, -0.15) is 0 Å². The van der Waals surface area contributed by atoms with Gasteiger partial charge in [-0.3, -0.25) is 0 Å². The summed E-state index contributed by atoms with van der Waals surface area (Å²) in [6.45, 7) is 4.25. The minimum atomic E-state index is -9.54. The van der Waals surface area contributed by atoms with Gasteiger partial charge in [0.2, 0.25) is 0 Å². The number of benzene rings is 1. The van der Waals surface area contributed by atoms with Crippen LogP contribution < -0.4 is 5.32 Å². The molecule has 0 atom stereocenters. The summed E-state index contributed by atoms with van der Waals surface area (Å²) in [6.07, 6.45) is 0. The molecular formula is C10H14F5NS. The minimum Gasteiger partial charge on any atom is -0.313 e. The molecule has 1 aromatic carbocycles. The van der Waals surface area contributed by atoms with Crippen molar-refractivity contribution >= 4 is 10.2 Å². The first-order valence-corrected chi connectivity index (χ1v) is 6.93. The molecule has 0 radical (unpaired) electrons. The van der Waals surface area contributed by atoms with Crippen molar-refractivity contribution in [1.82, 2.24) is 5.32 Å². The van der Waals surface area contributed by atoms with E-state index in [-0.39, 0.29) is 5.56 Å². The fraction of sp³-hybridized carbons (Fsp3) is 0.400. The highest BCUT2D eigenvalue weighted by atomic mass is 32.5. The van der Waals surface area contributed by atoms with Crippen LogP contribution in [0.3, 0.4) is 0 Å². The van der Waals surface area contributed by atoms with Gasteiger partial charge in [0.15, 0.2) is 0 Å². The zero-order valence-corrected chi connectivity index (χ0v) is 10.3. The normalized spacial score (nSPS) is 16.4. The monoisotopic (exact) mass is 275 g/mol. The summed E-state index contributed by atoms with van der Waals surface area (Å²) in [4.78, 5) is -1.83. The number of nitrogens with one attached hydrogen (secondary N) is 1. The van der Waals surface area contributed by atoms with Crippen LogP contribution in [0.15, 0.2) is 23.1 Å². The first-order valence-electron chi connectivity index (χ1n) is 4.98. The number of hydrogen-bond acceptors (Lipinski definition) is 1. The Kier molecular flexibility index (Phi) is 3.00. The quantitative estimate of drug-likeness (QED) is 0.781. The van der Waals surface area contributed by atoms with Crippen molar-refractivity contribution in [2.24, 2.45) is 0 Å². The molecule has 100 valence electrons. The lowest BCUT2D eigenvalue weighted by Gasteiger charge is -2.40. The van der Waals surface area contributed by atoms with Crippen LogP contribution in [0, 0.1) is 6.92 Å². The van der Waals surface area contributed by atoms with Crippen molar-refractivity contribution in [3.63, 3.8) is 0 Å². The molecule has 1 N–H and O–H groups in total. The molecule has 0 spiro atoms. The number of halogens is 5. The molecule has 0 saturated carbocycles. The maximum absolute atomic E-state index is 12.5. The number of rotatable bonds is 4. The highest BCUT2D eigenvalue weighted by Gasteiger charge is 2.65. The van der Waals surface area contributed by atoms with Gasteiger partial charge in [0.25, 0.3) is 0 Å². The van der Waals surface area contributed by atoms with E-state index < -0.39 is 15.1 Å². The summed E-state index contributed by atoms with van der Waals surface area (Å²) in [7, 11) is -9.54. The van der Waals surface area contributed by atoms with Crippen LogP contribution in [-0.4, -0.2) is 6.54 Å². The van der Waals surface area contributed by atoms with E-state index in [1.165, 1.54) is 6.92 Å². The van der Waals surface area contributed by atoms with E-state index in [9.17, 15) is 19.4 Å². The Hall–Kier alpha value is -0.820. The van der Waals surface area contributed by atoms with Gasteiger partial charge in [0.05, 0.1) is 0 Å². The SMILES string of the molecule is CCNCc1ccc(S(F)(F)(F)(F)F)cc1C. The maximum atomic E-state index is 12.5. The largest absolute Gasteiger partial charge is 0.313 e. The summed E-state index contributed by atoms with van der Waals surface area (Å²) >= 11 is 0. The number of hydrogen-bond donors (Lipinski definition) is 1. The zero-order valence-electron chi connectivity index (χ0n) is 9.44. The van der Waals surface area contributed by atoms with Crippen molar-refractivity contribution in [2.45, 2.75) is 25.3 Å². The molecule has 0 unspecified atom stereocenters. The Morgan fingerprint density at radius 2 is 1.71 bits per heavy atom. The van der Waals surface area contributed by atoms with Crippen LogP contribution in [0.1, 0.15) is 18.1 Å². The Morgan fingerprint density at radius 3 is 2.12 bits per heavy atom. The summed E-state index contributed by atoms with van der Waals surface area (Å²) in [5, 5.41) is 2.92. The maximum Gasteiger partial charge on any atom is 0.310 e. The molecule has 17 heavy (non-hydrogen) atoms. The number of aryl methyl sites for hydroxylation is 1. The van der Waals surface area contributed by atoms with Crippen molar-refractivity contribution in [2.75, 3.05) is 6.54 Å². The third-order valence-electron chi connectivity index (χ3n) is 2.32. The van der Waals surface area contributed by atoms with Gasteiger partial charge in [0, 0.05) is 6.54 Å². The van der Waals surface area contributed by atoms with Crippen LogP contribution in [0.25, 0.3) is 0 Å². The minimum absolute atomic E-state index is 0.205. The third-order valence-corrected chi connectivity index (χ3v) is 3.47. The molecule has 0 bridgehead atoms. The average Bonchev–Trinajstić information content (AvgIpc) is 2.12. The molecule has 0 saturated heterocycles. The van der Waals surface area contributed by atoms with Gasteiger partial charge in [-0.1, -0.05) is 32.4 Å². The average molecular weight is 275 g/mol. The highest BCUT2D eigenvalue weighted by Crippen LogP contribution is 3.02. The topological polar surface area (TPSA) is 12.0 Å². The van der Waals surface area contributed by atoms with Crippen molar-refractivity contribution in [1.29, 1.82) is 0 Å². The molecule has 0 amide bonds. The molecule has 1 nitrogen and oxygen atoms in total. The lowest BCUT2D eigenvalue weighted by molar-refractivity contribution is 0.364. The standard InChI is InChI=1S/C10H14F5NS/c1-3-16-7-9-4-5-10(6-8(9)2)17(11,12,13,14)15/h4-6,16H,3,7H2,1-2H3. The van der Waals surface area contributed by atoms with Crippen LogP contribution in [0.4, 0.5) is 19.4 Å². The molecule has 0 heterocycles. The van der Waals surface area contributed by atoms with Gasteiger partial charge < -0.3 is 5.32 Å². The Morgan fingerprint density at radius 1 is 1.12 bits per heavy atom. The molecule has 7 heteroatoms. The van der Waals surface area contributed by atoms with E-state index in [4.69, 9.17) is 0 Å². The fourth-order valence-electron chi connectivity index (χ4n) is 1.37. The van der Waals surface area contributed by atoms with E-state index >= 15 is 0 Å². The molecule has 0 aliphatic rings. The van der Waals surface area contributed by atoms with Gasteiger partial charge in [0.1, 0.15) is 4.90 Å². The van der Waals surface area contributed by atoms with Crippen LogP contribution in [0.5, 0.6) is 0 Å². The summed E-state index contributed by atoms with van der Waals surface area (Å²) in [5.41, 5.74) is 0.786. The second-order valence-electron chi connectivity index (χ2n) is 3.84. The molecule has 1 rings (SSSR count). The predicted octanol–water partition coefficient (Wildman–Crippen LogP) is 4.76.